The molecule has 0 amide bonds. The number of aromatic amines is 1. The van der Waals surface area contributed by atoms with E-state index in [-0.39, 0.29) is 5.75 Å². The zero-order valence-corrected chi connectivity index (χ0v) is 16.5. The number of carboxylic acid groups (broad SMARTS) is 1. The van der Waals surface area contributed by atoms with Crippen LogP contribution in [0.3, 0.4) is 0 Å². The van der Waals surface area contributed by atoms with Crippen LogP contribution in [0, 0.1) is 0 Å². The van der Waals surface area contributed by atoms with Gasteiger partial charge in [-0.15, -0.1) is 11.8 Å². The number of rotatable bonds is 6. The van der Waals surface area contributed by atoms with Gasteiger partial charge in [-0.1, -0.05) is 37.0 Å². The fourth-order valence-corrected chi connectivity index (χ4v) is 4.03. The summed E-state index contributed by atoms with van der Waals surface area (Å²) in [7, 11) is 0. The number of carbonyl (C=O) groups is 1. The molecule has 0 saturated carbocycles. The fourth-order valence-electron chi connectivity index (χ4n) is 2.64. The quantitative estimate of drug-likeness (QED) is 0.452. The van der Waals surface area contributed by atoms with E-state index in [1.54, 1.807) is 12.1 Å². The summed E-state index contributed by atoms with van der Waals surface area (Å²) in [6, 6.07) is 9.08. The second-order valence-corrected chi connectivity index (χ2v) is 7.97. The number of thioether (sulfide) groups is 1. The fraction of sp³-hybridized carbons (Fsp3) is 0.211. The van der Waals surface area contributed by atoms with Gasteiger partial charge in [-0.25, -0.2) is 0 Å². The molecule has 1 heterocycles. The molecule has 0 spiro atoms. The lowest BCUT2D eigenvalue weighted by molar-refractivity contribution is -0.133. The molecule has 0 radical (unpaired) electrons. The summed E-state index contributed by atoms with van der Waals surface area (Å²) in [5.41, 5.74) is 2.25. The van der Waals surface area contributed by atoms with Crippen LogP contribution in [0.5, 0.6) is 11.5 Å². The Bertz CT molecular complexity index is 946. The highest BCUT2D eigenvalue weighted by Crippen LogP contribution is 2.40. The average Bonchev–Trinajstić information content (AvgIpc) is 2.99. The minimum Gasteiger partial charge on any atom is -0.481 e. The smallest absolute Gasteiger partial charge is 0.313 e. The lowest BCUT2D eigenvalue weighted by Gasteiger charge is -2.12. The van der Waals surface area contributed by atoms with Crippen molar-refractivity contribution >= 4 is 51.8 Å². The van der Waals surface area contributed by atoms with Crippen molar-refractivity contribution in [3.8, 4) is 11.5 Å². The van der Waals surface area contributed by atoms with Crippen molar-refractivity contribution in [3.63, 3.8) is 0 Å². The Balaban J connectivity index is 1.89. The molecular formula is C19H17Cl2NO3S. The second-order valence-electron chi connectivity index (χ2n) is 6.11. The Kier molecular flexibility index (Phi) is 5.70. The Morgan fingerprint density at radius 2 is 1.92 bits per heavy atom. The minimum atomic E-state index is -0.900. The molecule has 0 aliphatic rings. The van der Waals surface area contributed by atoms with E-state index in [9.17, 15) is 4.79 Å². The van der Waals surface area contributed by atoms with Crippen molar-refractivity contribution in [1.29, 1.82) is 0 Å². The highest BCUT2D eigenvalue weighted by Gasteiger charge is 2.14. The topological polar surface area (TPSA) is 62.3 Å². The number of nitrogens with one attached hydrogen (secondary N) is 1. The third-order valence-electron chi connectivity index (χ3n) is 3.86. The van der Waals surface area contributed by atoms with E-state index >= 15 is 0 Å². The highest BCUT2D eigenvalue weighted by molar-refractivity contribution is 8.00. The molecule has 2 N–H and O–H groups in total. The van der Waals surface area contributed by atoms with Crippen molar-refractivity contribution in [1.82, 2.24) is 4.98 Å². The molecule has 0 bridgehead atoms. The Hall–Kier alpha value is -1.82. The number of aliphatic carboxylic acids is 1. The van der Waals surface area contributed by atoms with Gasteiger partial charge in [0.1, 0.15) is 5.75 Å². The van der Waals surface area contributed by atoms with Gasteiger partial charge >= 0.3 is 5.97 Å². The monoisotopic (exact) mass is 409 g/mol. The van der Waals surface area contributed by atoms with Crippen LogP contribution >= 0.6 is 35.0 Å². The van der Waals surface area contributed by atoms with Gasteiger partial charge in [-0.3, -0.25) is 4.79 Å². The van der Waals surface area contributed by atoms with Crippen LogP contribution < -0.4 is 4.74 Å². The molecule has 136 valence electrons. The molecule has 0 saturated heterocycles. The number of hydrogen-bond donors (Lipinski definition) is 2. The summed E-state index contributed by atoms with van der Waals surface area (Å²) in [6.07, 6.45) is 2.01. The Morgan fingerprint density at radius 1 is 1.23 bits per heavy atom. The lowest BCUT2D eigenvalue weighted by atomic mass is 10.0. The summed E-state index contributed by atoms with van der Waals surface area (Å²) < 4.78 is 5.93. The summed E-state index contributed by atoms with van der Waals surface area (Å²) >= 11 is 13.8. The molecule has 0 aliphatic carbocycles. The first-order chi connectivity index (χ1) is 12.3. The third-order valence-corrected chi connectivity index (χ3v) is 5.38. The largest absolute Gasteiger partial charge is 0.481 e. The molecule has 0 unspecified atom stereocenters. The van der Waals surface area contributed by atoms with E-state index in [1.165, 1.54) is 5.56 Å². The molecule has 3 rings (SSSR count). The molecule has 4 nitrogen and oxygen atoms in total. The lowest BCUT2D eigenvalue weighted by Crippen LogP contribution is -1.97. The minimum absolute atomic E-state index is 0.0605. The van der Waals surface area contributed by atoms with Crippen LogP contribution in [0.4, 0.5) is 0 Å². The standard InChI is InChI=1S/C19H17Cl2NO3S/c1-10(2)14-8-22-17-4-3-11(5-13(14)17)25-19-15(20)6-12(7-16(19)21)26-9-18(23)24/h3-8,10,22H,9H2,1-2H3,(H,23,24). The van der Waals surface area contributed by atoms with Crippen molar-refractivity contribution in [2.24, 2.45) is 0 Å². The van der Waals surface area contributed by atoms with Gasteiger partial charge in [0.25, 0.3) is 0 Å². The van der Waals surface area contributed by atoms with E-state index in [0.717, 1.165) is 22.7 Å². The first-order valence-electron chi connectivity index (χ1n) is 7.97. The maximum Gasteiger partial charge on any atom is 0.313 e. The zero-order valence-electron chi connectivity index (χ0n) is 14.2. The van der Waals surface area contributed by atoms with Gasteiger partial charge < -0.3 is 14.8 Å². The predicted molar refractivity (Wildman–Crippen MR) is 107 cm³/mol. The Labute approximate surface area is 165 Å². The van der Waals surface area contributed by atoms with E-state index in [4.69, 9.17) is 33.0 Å². The van der Waals surface area contributed by atoms with E-state index in [1.807, 2.05) is 24.4 Å². The van der Waals surface area contributed by atoms with Crippen molar-refractivity contribution in [3.05, 3.63) is 52.1 Å². The molecule has 3 aromatic rings. The number of H-pyrrole nitrogens is 1. The van der Waals surface area contributed by atoms with E-state index in [2.05, 4.69) is 18.8 Å². The van der Waals surface area contributed by atoms with Crippen LogP contribution in [-0.4, -0.2) is 21.8 Å². The number of hydrogen-bond acceptors (Lipinski definition) is 3. The SMILES string of the molecule is CC(C)c1c[nH]c2ccc(Oc3c(Cl)cc(SCC(=O)O)cc3Cl)cc12. The molecule has 0 fully saturated rings. The summed E-state index contributed by atoms with van der Waals surface area (Å²) in [6.45, 7) is 4.27. The molecule has 7 heteroatoms. The first-order valence-corrected chi connectivity index (χ1v) is 9.72. The average molecular weight is 410 g/mol. The number of carboxylic acids is 1. The second kappa shape index (κ2) is 7.82. The van der Waals surface area contributed by atoms with Crippen LogP contribution in [-0.2, 0) is 4.79 Å². The van der Waals surface area contributed by atoms with Crippen molar-refractivity contribution in [2.75, 3.05) is 5.75 Å². The van der Waals surface area contributed by atoms with Crippen LogP contribution in [0.2, 0.25) is 10.0 Å². The molecule has 0 aliphatic heterocycles. The molecule has 0 atom stereocenters. The van der Waals surface area contributed by atoms with Gasteiger partial charge in [0.15, 0.2) is 5.75 Å². The van der Waals surface area contributed by atoms with Gasteiger partial charge in [0.2, 0.25) is 0 Å². The number of ether oxygens (including phenoxy) is 1. The summed E-state index contributed by atoms with van der Waals surface area (Å²) in [4.78, 5) is 14.6. The molecule has 2 aromatic carbocycles. The van der Waals surface area contributed by atoms with Gasteiger partial charge in [0, 0.05) is 22.0 Å². The zero-order chi connectivity index (χ0) is 18.8. The van der Waals surface area contributed by atoms with E-state index in [0.29, 0.717) is 32.4 Å². The van der Waals surface area contributed by atoms with Gasteiger partial charge in [-0.05, 0) is 41.8 Å². The van der Waals surface area contributed by atoms with Crippen LogP contribution in [0.25, 0.3) is 10.9 Å². The number of aromatic nitrogens is 1. The number of fused-ring (bicyclic) bond motifs is 1. The number of halogens is 2. The Morgan fingerprint density at radius 3 is 2.54 bits per heavy atom. The van der Waals surface area contributed by atoms with Gasteiger partial charge in [0.05, 0.1) is 15.8 Å². The van der Waals surface area contributed by atoms with Gasteiger partial charge in [-0.2, -0.15) is 0 Å². The van der Waals surface area contributed by atoms with Crippen LogP contribution in [0.1, 0.15) is 25.3 Å². The maximum absolute atomic E-state index is 10.7. The number of benzene rings is 2. The summed E-state index contributed by atoms with van der Waals surface area (Å²) in [5.74, 6) is 0.414. The normalized spacial score (nSPS) is 11.3. The first kappa shape index (κ1) is 19.0. The predicted octanol–water partition coefficient (Wildman–Crippen LogP) is 6.57. The van der Waals surface area contributed by atoms with Crippen molar-refractivity contribution in [2.45, 2.75) is 24.7 Å². The molecular weight excluding hydrogens is 393 g/mol. The van der Waals surface area contributed by atoms with Crippen LogP contribution in [0.15, 0.2) is 41.4 Å². The third kappa shape index (κ3) is 4.11. The van der Waals surface area contributed by atoms with Crippen molar-refractivity contribution < 1.29 is 14.6 Å². The highest BCUT2D eigenvalue weighted by atomic mass is 35.5. The molecule has 1 aromatic heterocycles. The maximum atomic E-state index is 10.7. The summed E-state index contributed by atoms with van der Waals surface area (Å²) in [5, 5.41) is 10.5. The molecule has 26 heavy (non-hydrogen) atoms. The van der Waals surface area contributed by atoms with E-state index < -0.39 is 5.97 Å².